The molecule has 28 heavy (non-hydrogen) atoms. The number of para-hydroxylation sites is 1. The minimum atomic E-state index is -0.0456. The zero-order valence-electron chi connectivity index (χ0n) is 16.3. The van der Waals surface area contributed by atoms with E-state index in [-0.39, 0.29) is 5.91 Å². The van der Waals surface area contributed by atoms with Crippen LogP contribution < -0.4 is 4.90 Å². The predicted octanol–water partition coefficient (Wildman–Crippen LogP) is 4.77. The summed E-state index contributed by atoms with van der Waals surface area (Å²) < 4.78 is 2.02. The molecule has 2 aromatic heterocycles. The highest BCUT2D eigenvalue weighted by molar-refractivity contribution is 7.98. The summed E-state index contributed by atoms with van der Waals surface area (Å²) in [6, 6.07) is 7.95. The van der Waals surface area contributed by atoms with E-state index in [0.717, 1.165) is 34.3 Å². The van der Waals surface area contributed by atoms with Gasteiger partial charge in [0.25, 0.3) is 0 Å². The summed E-state index contributed by atoms with van der Waals surface area (Å²) in [4.78, 5) is 18.8. The molecule has 0 saturated carbocycles. The molecule has 0 atom stereocenters. The first-order chi connectivity index (χ1) is 13.5. The van der Waals surface area contributed by atoms with Crippen molar-refractivity contribution in [3.05, 3.63) is 59.4 Å². The fourth-order valence-electron chi connectivity index (χ4n) is 2.85. The van der Waals surface area contributed by atoms with Crippen LogP contribution in [0.5, 0.6) is 0 Å². The topological polar surface area (TPSA) is 63.9 Å². The van der Waals surface area contributed by atoms with Crippen molar-refractivity contribution in [1.29, 1.82) is 0 Å². The number of nitrogens with zero attached hydrogens (tertiary/aromatic N) is 5. The molecule has 1 amide bonds. The summed E-state index contributed by atoms with van der Waals surface area (Å²) in [6.45, 7) is 10.0. The molecule has 146 valence electrons. The van der Waals surface area contributed by atoms with E-state index in [2.05, 4.69) is 23.7 Å². The third-order valence-corrected chi connectivity index (χ3v) is 6.10. The van der Waals surface area contributed by atoms with Gasteiger partial charge in [-0.25, -0.2) is 4.98 Å². The maximum absolute atomic E-state index is 12.4. The van der Waals surface area contributed by atoms with Crippen LogP contribution in [0.1, 0.15) is 30.9 Å². The Kier molecular flexibility index (Phi) is 6.64. The quantitative estimate of drug-likeness (QED) is 0.393. The van der Waals surface area contributed by atoms with E-state index in [9.17, 15) is 4.79 Å². The summed E-state index contributed by atoms with van der Waals surface area (Å²) in [5.41, 5.74) is 2.93. The van der Waals surface area contributed by atoms with Crippen LogP contribution in [0.2, 0.25) is 0 Å². The second kappa shape index (κ2) is 9.16. The molecule has 0 unspecified atom stereocenters. The molecule has 0 aliphatic rings. The van der Waals surface area contributed by atoms with Crippen molar-refractivity contribution in [2.45, 2.75) is 44.6 Å². The fraction of sp³-hybridized carbons (Fsp3) is 0.300. The number of hydrogen-bond donors (Lipinski definition) is 0. The number of thioether (sulfide) groups is 1. The Morgan fingerprint density at radius 3 is 2.86 bits per heavy atom. The zero-order valence-corrected chi connectivity index (χ0v) is 17.9. The van der Waals surface area contributed by atoms with Crippen LogP contribution >= 0.6 is 23.1 Å². The van der Waals surface area contributed by atoms with Gasteiger partial charge in [0.15, 0.2) is 10.3 Å². The molecule has 6 nitrogen and oxygen atoms in total. The molecular formula is C20H23N5OS2. The number of benzene rings is 1. The molecule has 0 radical (unpaired) electrons. The monoisotopic (exact) mass is 413 g/mol. The SMILES string of the molecule is C=CCn1c(C)nnc1SCc1csc(N(C(C)=O)c2ccccc2CC)n1. The number of thiazole rings is 1. The minimum Gasteiger partial charge on any atom is -0.302 e. The Balaban J connectivity index is 1.80. The van der Waals surface area contributed by atoms with E-state index >= 15 is 0 Å². The molecule has 0 aliphatic carbocycles. The van der Waals surface area contributed by atoms with Crippen LogP contribution in [0.3, 0.4) is 0 Å². The van der Waals surface area contributed by atoms with Crippen LogP contribution in [0, 0.1) is 6.92 Å². The van der Waals surface area contributed by atoms with Crippen molar-refractivity contribution in [1.82, 2.24) is 19.7 Å². The first-order valence-electron chi connectivity index (χ1n) is 9.01. The van der Waals surface area contributed by atoms with E-state index < -0.39 is 0 Å². The number of carbonyl (C=O) groups is 1. The van der Waals surface area contributed by atoms with Crippen LogP contribution in [0.25, 0.3) is 0 Å². The van der Waals surface area contributed by atoms with Gasteiger partial charge in [0, 0.05) is 24.6 Å². The number of rotatable bonds is 8. The number of amides is 1. The Morgan fingerprint density at radius 2 is 2.14 bits per heavy atom. The Bertz CT molecular complexity index is 979. The maximum atomic E-state index is 12.4. The molecular weight excluding hydrogens is 390 g/mol. The second-order valence-corrected chi connectivity index (χ2v) is 7.95. The highest BCUT2D eigenvalue weighted by Crippen LogP contribution is 2.33. The van der Waals surface area contributed by atoms with E-state index in [1.165, 1.54) is 11.3 Å². The third kappa shape index (κ3) is 4.34. The molecule has 0 fully saturated rings. The van der Waals surface area contributed by atoms with Crippen molar-refractivity contribution < 1.29 is 4.79 Å². The molecule has 0 saturated heterocycles. The highest BCUT2D eigenvalue weighted by Gasteiger charge is 2.20. The first kappa shape index (κ1) is 20.3. The van der Waals surface area contributed by atoms with Crippen LogP contribution in [-0.4, -0.2) is 25.7 Å². The average Bonchev–Trinajstić information content (AvgIpc) is 3.28. The standard InChI is InChI=1S/C20H23N5OS2/c1-5-11-24-14(3)22-23-20(24)28-13-17-12-27-19(21-17)25(15(4)26)18-10-8-7-9-16(18)6-2/h5,7-10,12H,1,6,11,13H2,2-4H3. The van der Waals surface area contributed by atoms with Crippen molar-refractivity contribution in [3.63, 3.8) is 0 Å². The molecule has 0 spiro atoms. The van der Waals surface area contributed by atoms with Gasteiger partial charge < -0.3 is 4.57 Å². The van der Waals surface area contributed by atoms with Gasteiger partial charge in [-0.05, 0) is 25.0 Å². The van der Waals surface area contributed by atoms with E-state index in [1.54, 1.807) is 23.6 Å². The van der Waals surface area contributed by atoms with Gasteiger partial charge in [-0.2, -0.15) is 0 Å². The van der Waals surface area contributed by atoms with Gasteiger partial charge >= 0.3 is 0 Å². The molecule has 3 rings (SSSR count). The molecule has 0 bridgehead atoms. The summed E-state index contributed by atoms with van der Waals surface area (Å²) >= 11 is 3.06. The van der Waals surface area contributed by atoms with Gasteiger partial charge in [-0.3, -0.25) is 9.69 Å². The number of aryl methyl sites for hydroxylation is 2. The normalized spacial score (nSPS) is 10.8. The van der Waals surface area contributed by atoms with Crippen LogP contribution in [0.15, 0.2) is 47.5 Å². The number of allylic oxidation sites excluding steroid dienone is 1. The van der Waals surface area contributed by atoms with Gasteiger partial charge in [0.1, 0.15) is 5.82 Å². The smallest absolute Gasteiger partial charge is 0.230 e. The third-order valence-electron chi connectivity index (χ3n) is 4.22. The Hall–Kier alpha value is -2.45. The maximum Gasteiger partial charge on any atom is 0.230 e. The lowest BCUT2D eigenvalue weighted by atomic mass is 10.1. The number of aromatic nitrogens is 4. The minimum absolute atomic E-state index is 0.0456. The van der Waals surface area contributed by atoms with Crippen molar-refractivity contribution in [2.24, 2.45) is 0 Å². The van der Waals surface area contributed by atoms with Gasteiger partial charge in [0.05, 0.1) is 11.4 Å². The lowest BCUT2D eigenvalue weighted by Crippen LogP contribution is -2.23. The van der Waals surface area contributed by atoms with Crippen LogP contribution in [0.4, 0.5) is 10.8 Å². The predicted molar refractivity (Wildman–Crippen MR) is 115 cm³/mol. The molecule has 0 aliphatic heterocycles. The Morgan fingerprint density at radius 1 is 1.36 bits per heavy atom. The Labute approximate surface area is 173 Å². The highest BCUT2D eigenvalue weighted by atomic mass is 32.2. The molecule has 1 aromatic carbocycles. The van der Waals surface area contributed by atoms with Crippen molar-refractivity contribution in [2.75, 3.05) is 4.90 Å². The van der Waals surface area contributed by atoms with E-state index in [1.807, 2.05) is 47.2 Å². The molecule has 0 N–H and O–H groups in total. The van der Waals surface area contributed by atoms with E-state index in [0.29, 0.717) is 17.4 Å². The molecule has 8 heteroatoms. The second-order valence-electron chi connectivity index (χ2n) is 6.18. The molecule has 2 heterocycles. The van der Waals surface area contributed by atoms with Gasteiger partial charge in [0.2, 0.25) is 5.91 Å². The first-order valence-corrected chi connectivity index (χ1v) is 10.9. The van der Waals surface area contributed by atoms with Crippen LogP contribution in [-0.2, 0) is 23.5 Å². The largest absolute Gasteiger partial charge is 0.302 e. The van der Waals surface area contributed by atoms with Gasteiger partial charge in [-0.1, -0.05) is 43.0 Å². The summed E-state index contributed by atoms with van der Waals surface area (Å²) in [5.74, 6) is 1.48. The molecule has 3 aromatic rings. The lowest BCUT2D eigenvalue weighted by molar-refractivity contribution is -0.115. The number of carbonyl (C=O) groups excluding carboxylic acids is 1. The summed E-state index contributed by atoms with van der Waals surface area (Å²) in [6.07, 6.45) is 2.68. The van der Waals surface area contributed by atoms with E-state index in [4.69, 9.17) is 4.98 Å². The summed E-state index contributed by atoms with van der Waals surface area (Å²) in [7, 11) is 0. The van der Waals surface area contributed by atoms with Crippen molar-refractivity contribution in [3.8, 4) is 0 Å². The fourth-order valence-corrected chi connectivity index (χ4v) is 4.72. The number of hydrogen-bond acceptors (Lipinski definition) is 6. The van der Waals surface area contributed by atoms with Crippen molar-refractivity contribution >= 4 is 39.8 Å². The average molecular weight is 414 g/mol. The lowest BCUT2D eigenvalue weighted by Gasteiger charge is -2.20. The zero-order chi connectivity index (χ0) is 20.1. The number of anilines is 2. The summed E-state index contributed by atoms with van der Waals surface area (Å²) in [5, 5.41) is 11.9. The van der Waals surface area contributed by atoms with Gasteiger partial charge in [-0.15, -0.1) is 28.1 Å².